The van der Waals surface area contributed by atoms with Gasteiger partial charge in [-0.05, 0) is 29.3 Å². The van der Waals surface area contributed by atoms with Crippen LogP contribution in [0, 0.1) is 11.6 Å². The molecule has 7 heteroatoms. The highest BCUT2D eigenvalue weighted by Crippen LogP contribution is 2.14. The van der Waals surface area contributed by atoms with Crippen LogP contribution in [-0.4, -0.2) is 32.1 Å². The van der Waals surface area contributed by atoms with Crippen molar-refractivity contribution in [2.75, 3.05) is 14.2 Å². The molecule has 2 aromatic carbocycles. The Morgan fingerprint density at radius 3 is 2.35 bits per heavy atom. The highest BCUT2D eigenvalue weighted by molar-refractivity contribution is 5.85. The predicted octanol–water partition coefficient (Wildman–Crippen LogP) is 2.42. The number of carbonyl (C=O) groups is 2. The molecule has 0 unspecified atom stereocenters. The van der Waals surface area contributed by atoms with Crippen LogP contribution in [-0.2, 0) is 27.2 Å². The molecular weight excluding hydrogens is 344 g/mol. The van der Waals surface area contributed by atoms with Crippen molar-refractivity contribution in [2.24, 2.45) is 0 Å². The molecule has 0 bridgehead atoms. The summed E-state index contributed by atoms with van der Waals surface area (Å²) >= 11 is 0. The van der Waals surface area contributed by atoms with Crippen molar-refractivity contribution in [1.29, 1.82) is 0 Å². The summed E-state index contributed by atoms with van der Waals surface area (Å²) in [6, 6.07) is 9.05. The summed E-state index contributed by atoms with van der Waals surface area (Å²) in [6.45, 7) is 0. The molecule has 5 nitrogen and oxygen atoms in total. The Morgan fingerprint density at radius 1 is 1.08 bits per heavy atom. The van der Waals surface area contributed by atoms with Crippen LogP contribution in [0.5, 0.6) is 5.75 Å². The summed E-state index contributed by atoms with van der Waals surface area (Å²) in [7, 11) is 2.76. The Kier molecular flexibility index (Phi) is 6.66. The van der Waals surface area contributed by atoms with Gasteiger partial charge in [0.2, 0.25) is 5.91 Å². The fraction of sp³-hybridized carbons (Fsp3) is 0.263. The fourth-order valence-corrected chi connectivity index (χ4v) is 2.42. The third-order valence-electron chi connectivity index (χ3n) is 3.79. The third kappa shape index (κ3) is 5.27. The van der Waals surface area contributed by atoms with E-state index in [0.29, 0.717) is 11.8 Å². The topological polar surface area (TPSA) is 64.6 Å². The second-order valence-electron chi connectivity index (χ2n) is 5.61. The van der Waals surface area contributed by atoms with Crippen molar-refractivity contribution >= 4 is 11.9 Å². The zero-order valence-corrected chi connectivity index (χ0v) is 14.4. The van der Waals surface area contributed by atoms with Crippen LogP contribution < -0.4 is 10.1 Å². The standard InChI is InChI=1S/C19H19F2NO4/c1-25-15-7-3-12(4-8-15)9-17(19(24)26-2)22-18(23)10-13-5-6-14(20)11-16(13)21/h3-8,11,17H,9-10H2,1-2H3,(H,22,23)/t17-/m1/s1. The highest BCUT2D eigenvalue weighted by atomic mass is 19.1. The van der Waals surface area contributed by atoms with Crippen molar-refractivity contribution in [3.8, 4) is 5.75 Å². The molecule has 0 spiro atoms. The number of ether oxygens (including phenoxy) is 2. The molecule has 2 aromatic rings. The maximum Gasteiger partial charge on any atom is 0.328 e. The van der Waals surface area contributed by atoms with Crippen molar-refractivity contribution in [1.82, 2.24) is 5.32 Å². The van der Waals surface area contributed by atoms with Gasteiger partial charge in [-0.25, -0.2) is 13.6 Å². The molecule has 0 fully saturated rings. The van der Waals surface area contributed by atoms with Gasteiger partial charge in [0.05, 0.1) is 20.6 Å². The van der Waals surface area contributed by atoms with Gasteiger partial charge >= 0.3 is 5.97 Å². The maximum atomic E-state index is 13.7. The highest BCUT2D eigenvalue weighted by Gasteiger charge is 2.22. The number of methoxy groups -OCH3 is 2. The monoisotopic (exact) mass is 363 g/mol. The number of benzene rings is 2. The van der Waals surface area contributed by atoms with Gasteiger partial charge in [0, 0.05) is 12.5 Å². The molecule has 26 heavy (non-hydrogen) atoms. The van der Waals surface area contributed by atoms with E-state index >= 15 is 0 Å². The van der Waals surface area contributed by atoms with Crippen LogP contribution in [0.25, 0.3) is 0 Å². The van der Waals surface area contributed by atoms with Gasteiger partial charge < -0.3 is 14.8 Å². The van der Waals surface area contributed by atoms with Crippen LogP contribution in [0.2, 0.25) is 0 Å². The normalized spacial score (nSPS) is 11.5. The Morgan fingerprint density at radius 2 is 1.77 bits per heavy atom. The molecule has 0 aromatic heterocycles. The summed E-state index contributed by atoms with van der Waals surface area (Å²) in [5.74, 6) is -2.06. The lowest BCUT2D eigenvalue weighted by atomic mass is 10.0. The molecule has 1 N–H and O–H groups in total. The Bertz CT molecular complexity index is 778. The van der Waals surface area contributed by atoms with Gasteiger partial charge in [-0.2, -0.15) is 0 Å². The number of carbonyl (C=O) groups excluding carboxylic acids is 2. The average Bonchev–Trinajstić information content (AvgIpc) is 2.63. The molecule has 0 radical (unpaired) electrons. The molecule has 0 saturated carbocycles. The van der Waals surface area contributed by atoms with Gasteiger partial charge in [0.15, 0.2) is 0 Å². The van der Waals surface area contributed by atoms with E-state index in [1.165, 1.54) is 13.2 Å². The summed E-state index contributed by atoms with van der Waals surface area (Å²) in [4.78, 5) is 24.1. The van der Waals surface area contributed by atoms with E-state index in [-0.39, 0.29) is 18.4 Å². The van der Waals surface area contributed by atoms with Crippen molar-refractivity contribution in [2.45, 2.75) is 18.9 Å². The number of rotatable bonds is 7. The molecule has 2 rings (SSSR count). The van der Waals surface area contributed by atoms with Crippen LogP contribution in [0.3, 0.4) is 0 Å². The minimum Gasteiger partial charge on any atom is -0.497 e. The van der Waals surface area contributed by atoms with Crippen molar-refractivity contribution in [3.05, 3.63) is 65.2 Å². The van der Waals surface area contributed by atoms with Crippen LogP contribution in [0.4, 0.5) is 8.78 Å². The fourth-order valence-electron chi connectivity index (χ4n) is 2.42. The Labute approximate surface area is 149 Å². The first kappa shape index (κ1) is 19.4. The number of halogens is 2. The summed E-state index contributed by atoms with van der Waals surface area (Å²) in [5.41, 5.74) is 0.825. The molecule has 0 aliphatic carbocycles. The lowest BCUT2D eigenvalue weighted by molar-refractivity contribution is -0.145. The number of amides is 1. The lowest BCUT2D eigenvalue weighted by Crippen LogP contribution is -2.43. The first-order chi connectivity index (χ1) is 12.4. The Balaban J connectivity index is 2.06. The SMILES string of the molecule is COC(=O)[C@@H](Cc1ccc(OC)cc1)NC(=O)Cc1ccc(F)cc1F. The predicted molar refractivity (Wildman–Crippen MR) is 90.7 cm³/mol. The second-order valence-corrected chi connectivity index (χ2v) is 5.61. The van der Waals surface area contributed by atoms with Gasteiger partial charge in [0.25, 0.3) is 0 Å². The summed E-state index contributed by atoms with van der Waals surface area (Å²) in [6.07, 6.45) is -0.115. The third-order valence-corrected chi connectivity index (χ3v) is 3.79. The molecule has 0 aliphatic heterocycles. The van der Waals surface area contributed by atoms with Crippen molar-refractivity contribution < 1.29 is 27.8 Å². The largest absolute Gasteiger partial charge is 0.497 e. The van der Waals surface area contributed by atoms with E-state index in [1.807, 2.05) is 0 Å². The zero-order valence-electron chi connectivity index (χ0n) is 14.4. The van der Waals surface area contributed by atoms with E-state index in [4.69, 9.17) is 9.47 Å². The minimum atomic E-state index is -0.926. The second kappa shape index (κ2) is 8.94. The smallest absolute Gasteiger partial charge is 0.328 e. The van der Waals surface area contributed by atoms with E-state index in [9.17, 15) is 18.4 Å². The van der Waals surface area contributed by atoms with Gasteiger partial charge in [-0.15, -0.1) is 0 Å². The van der Waals surface area contributed by atoms with Gasteiger partial charge in [-0.1, -0.05) is 18.2 Å². The molecule has 1 amide bonds. The molecular formula is C19H19F2NO4. The number of nitrogens with one attached hydrogen (secondary N) is 1. The average molecular weight is 363 g/mol. The molecule has 138 valence electrons. The van der Waals surface area contributed by atoms with Gasteiger partial charge in [-0.3, -0.25) is 4.79 Å². The van der Waals surface area contributed by atoms with Crippen molar-refractivity contribution in [3.63, 3.8) is 0 Å². The molecule has 0 heterocycles. The minimum absolute atomic E-state index is 0.0389. The first-order valence-corrected chi connectivity index (χ1v) is 7.87. The van der Waals surface area contributed by atoms with E-state index in [1.54, 1.807) is 31.4 Å². The number of esters is 1. The maximum absolute atomic E-state index is 13.7. The van der Waals surface area contributed by atoms with Crippen LogP contribution in [0.15, 0.2) is 42.5 Å². The number of hydrogen-bond acceptors (Lipinski definition) is 4. The zero-order chi connectivity index (χ0) is 19.1. The quantitative estimate of drug-likeness (QED) is 0.768. The van der Waals surface area contributed by atoms with Crippen LogP contribution >= 0.6 is 0 Å². The molecule has 1 atom stereocenters. The van der Waals surface area contributed by atoms with E-state index < -0.39 is 29.6 Å². The summed E-state index contributed by atoms with van der Waals surface area (Å²) in [5, 5.41) is 2.53. The van der Waals surface area contributed by atoms with Gasteiger partial charge in [0.1, 0.15) is 23.4 Å². The van der Waals surface area contributed by atoms with E-state index in [0.717, 1.165) is 11.6 Å². The number of hydrogen-bond donors (Lipinski definition) is 1. The van der Waals surface area contributed by atoms with Crippen LogP contribution in [0.1, 0.15) is 11.1 Å². The Hall–Kier alpha value is -2.96. The molecule has 0 aliphatic rings. The summed E-state index contributed by atoms with van der Waals surface area (Å²) < 4.78 is 36.4. The first-order valence-electron chi connectivity index (χ1n) is 7.87. The van der Waals surface area contributed by atoms with E-state index in [2.05, 4.69) is 5.32 Å². The lowest BCUT2D eigenvalue weighted by Gasteiger charge is -2.17. The molecule has 0 saturated heterocycles.